The zero-order valence-electron chi connectivity index (χ0n) is 14.1. The molecule has 0 spiro atoms. The van der Waals surface area contributed by atoms with Crippen LogP contribution in [0.4, 0.5) is 0 Å². The fourth-order valence-electron chi connectivity index (χ4n) is 1.47. The molecule has 0 amide bonds. The minimum Gasteiger partial charge on any atom is -0.414 e. The Bertz CT molecular complexity index is 506. The van der Waals surface area contributed by atoms with Crippen molar-refractivity contribution in [3.8, 4) is 0 Å². The molecule has 21 heavy (non-hydrogen) atoms. The van der Waals surface area contributed by atoms with E-state index in [0.717, 1.165) is 11.1 Å². The van der Waals surface area contributed by atoms with E-state index in [-0.39, 0.29) is 5.04 Å². The van der Waals surface area contributed by atoms with Gasteiger partial charge in [-0.05, 0) is 42.3 Å². The average molecular weight is 305 g/mol. The molecule has 116 valence electrons. The average Bonchev–Trinajstić information content (AvgIpc) is 2.42. The van der Waals surface area contributed by atoms with Crippen molar-refractivity contribution in [1.82, 2.24) is 0 Å². The van der Waals surface area contributed by atoms with Crippen molar-refractivity contribution in [1.29, 1.82) is 0 Å². The van der Waals surface area contributed by atoms with Crippen LogP contribution in [0.5, 0.6) is 0 Å². The highest BCUT2D eigenvalue weighted by atomic mass is 28.4. The predicted octanol–water partition coefficient (Wildman–Crippen LogP) is 4.63. The molecule has 0 bridgehead atoms. The summed E-state index contributed by atoms with van der Waals surface area (Å²) in [6.07, 6.45) is 1.30. The highest BCUT2D eigenvalue weighted by Crippen LogP contribution is 2.36. The Kier molecular flexibility index (Phi) is 6.18. The van der Waals surface area contributed by atoms with Crippen molar-refractivity contribution in [3.05, 3.63) is 47.2 Å². The van der Waals surface area contributed by atoms with Gasteiger partial charge in [0.05, 0.1) is 6.61 Å². The molecule has 0 aliphatic heterocycles. The Morgan fingerprint density at radius 3 is 2.38 bits per heavy atom. The number of aliphatic hydroxyl groups is 1. The molecule has 0 fully saturated rings. The number of benzene rings is 1. The minimum absolute atomic E-state index is 0.157. The summed E-state index contributed by atoms with van der Waals surface area (Å²) in [6, 6.07) is 9.98. The van der Waals surface area contributed by atoms with Gasteiger partial charge in [0.1, 0.15) is 6.10 Å². The van der Waals surface area contributed by atoms with Gasteiger partial charge in [0.2, 0.25) is 0 Å². The van der Waals surface area contributed by atoms with Crippen molar-refractivity contribution in [2.45, 2.75) is 51.9 Å². The normalized spacial score (nSPS) is 13.5. The SMILES string of the molecule is CC(=C=Cc1ccccc1)[C@@H](O)CO[Si](C)(C)C(C)(C)C. The third-order valence-corrected chi connectivity index (χ3v) is 8.67. The van der Waals surface area contributed by atoms with Crippen molar-refractivity contribution in [3.63, 3.8) is 0 Å². The van der Waals surface area contributed by atoms with Crippen molar-refractivity contribution >= 4 is 14.4 Å². The summed E-state index contributed by atoms with van der Waals surface area (Å²) in [5.74, 6) is 0. The summed E-state index contributed by atoms with van der Waals surface area (Å²) < 4.78 is 6.04. The number of aliphatic hydroxyl groups excluding tert-OH is 1. The summed E-state index contributed by atoms with van der Waals surface area (Å²) in [5.41, 5.74) is 5.03. The Morgan fingerprint density at radius 2 is 1.86 bits per heavy atom. The van der Waals surface area contributed by atoms with Crippen LogP contribution in [0.1, 0.15) is 33.3 Å². The second kappa shape index (κ2) is 7.23. The maximum Gasteiger partial charge on any atom is 0.192 e. The molecule has 0 aliphatic carbocycles. The van der Waals surface area contributed by atoms with Crippen molar-refractivity contribution in [2.24, 2.45) is 0 Å². The van der Waals surface area contributed by atoms with Gasteiger partial charge in [-0.15, -0.1) is 5.73 Å². The van der Waals surface area contributed by atoms with Crippen LogP contribution in [0, 0.1) is 0 Å². The zero-order valence-corrected chi connectivity index (χ0v) is 15.1. The molecule has 1 atom stereocenters. The largest absolute Gasteiger partial charge is 0.414 e. The maximum atomic E-state index is 10.2. The smallest absolute Gasteiger partial charge is 0.192 e. The van der Waals surface area contributed by atoms with E-state index in [1.165, 1.54) is 0 Å². The molecule has 1 rings (SSSR count). The highest BCUT2D eigenvalue weighted by Gasteiger charge is 2.37. The zero-order chi connectivity index (χ0) is 16.1. The molecule has 1 aromatic carbocycles. The standard InChI is InChI=1S/C18H28O2Si/c1-15(12-13-16-10-8-7-9-11-16)17(19)14-20-21(5,6)18(2,3)4/h7-11,13,17,19H,14H2,1-6H3/t12?,17-/m0/s1. The van der Waals surface area contributed by atoms with Gasteiger partial charge in [0, 0.05) is 0 Å². The van der Waals surface area contributed by atoms with Crippen LogP contribution in [-0.2, 0) is 4.43 Å². The first-order valence-corrected chi connectivity index (χ1v) is 10.3. The third-order valence-electron chi connectivity index (χ3n) is 4.17. The Morgan fingerprint density at radius 1 is 1.29 bits per heavy atom. The lowest BCUT2D eigenvalue weighted by atomic mass is 10.1. The van der Waals surface area contributed by atoms with Crippen LogP contribution >= 0.6 is 0 Å². The first-order chi connectivity index (χ1) is 9.63. The Balaban J connectivity index is 2.68. The number of hydrogen-bond acceptors (Lipinski definition) is 2. The van der Waals surface area contributed by atoms with E-state index in [1.54, 1.807) is 0 Å². The summed E-state index contributed by atoms with van der Waals surface area (Å²) >= 11 is 0. The van der Waals surface area contributed by atoms with E-state index in [0.29, 0.717) is 6.61 Å². The van der Waals surface area contributed by atoms with E-state index >= 15 is 0 Å². The van der Waals surface area contributed by atoms with Gasteiger partial charge in [-0.2, -0.15) is 0 Å². The Hall–Kier alpha value is -1.12. The molecule has 0 aromatic heterocycles. The quantitative estimate of drug-likeness (QED) is 0.635. The van der Waals surface area contributed by atoms with Gasteiger partial charge < -0.3 is 9.53 Å². The highest BCUT2D eigenvalue weighted by molar-refractivity contribution is 6.74. The van der Waals surface area contributed by atoms with Crippen LogP contribution in [0.3, 0.4) is 0 Å². The molecule has 0 heterocycles. The van der Waals surface area contributed by atoms with Gasteiger partial charge >= 0.3 is 0 Å². The first-order valence-electron chi connectivity index (χ1n) is 7.44. The molecule has 1 N–H and O–H groups in total. The summed E-state index contributed by atoms with van der Waals surface area (Å²) in [4.78, 5) is 0. The predicted molar refractivity (Wildman–Crippen MR) is 92.8 cm³/mol. The van der Waals surface area contributed by atoms with Gasteiger partial charge in [-0.1, -0.05) is 51.1 Å². The van der Waals surface area contributed by atoms with Crippen molar-refractivity contribution in [2.75, 3.05) is 6.61 Å². The maximum absolute atomic E-state index is 10.2. The molecule has 3 heteroatoms. The van der Waals surface area contributed by atoms with Crippen molar-refractivity contribution < 1.29 is 9.53 Å². The van der Waals surface area contributed by atoms with Gasteiger partial charge in [-0.25, -0.2) is 0 Å². The molecule has 1 aromatic rings. The number of rotatable bonds is 5. The van der Waals surface area contributed by atoms with E-state index in [2.05, 4.69) is 39.6 Å². The lowest BCUT2D eigenvalue weighted by Gasteiger charge is -2.36. The van der Waals surface area contributed by atoms with Gasteiger partial charge in [-0.3, -0.25) is 0 Å². The van der Waals surface area contributed by atoms with Crippen LogP contribution in [0.25, 0.3) is 6.08 Å². The number of hydrogen-bond donors (Lipinski definition) is 1. The molecular weight excluding hydrogens is 276 g/mol. The lowest BCUT2D eigenvalue weighted by molar-refractivity contribution is 0.127. The molecular formula is C18H28O2Si. The summed E-state index contributed by atoms with van der Waals surface area (Å²) in [5, 5.41) is 10.4. The van der Waals surface area contributed by atoms with Gasteiger partial charge in [0.15, 0.2) is 8.32 Å². The fraction of sp³-hybridized carbons (Fsp3) is 0.500. The van der Waals surface area contributed by atoms with E-state index < -0.39 is 14.4 Å². The van der Waals surface area contributed by atoms with E-state index in [4.69, 9.17) is 4.43 Å². The van der Waals surface area contributed by atoms with Crippen LogP contribution in [-0.4, -0.2) is 26.1 Å². The van der Waals surface area contributed by atoms with E-state index in [1.807, 2.05) is 43.3 Å². The molecule has 0 saturated heterocycles. The first kappa shape index (κ1) is 17.9. The molecule has 0 radical (unpaired) electrons. The summed E-state index contributed by atoms with van der Waals surface area (Å²) in [6.45, 7) is 13.2. The Labute approximate surface area is 130 Å². The molecule has 0 saturated carbocycles. The van der Waals surface area contributed by atoms with Crippen LogP contribution in [0.2, 0.25) is 18.1 Å². The molecule has 0 unspecified atom stereocenters. The monoisotopic (exact) mass is 304 g/mol. The second-order valence-electron chi connectivity index (χ2n) is 6.97. The third kappa shape index (κ3) is 5.64. The van der Waals surface area contributed by atoms with Crippen LogP contribution in [0.15, 0.2) is 41.6 Å². The molecule has 2 nitrogen and oxygen atoms in total. The molecule has 0 aliphatic rings. The van der Waals surface area contributed by atoms with Crippen LogP contribution < -0.4 is 0 Å². The topological polar surface area (TPSA) is 29.5 Å². The van der Waals surface area contributed by atoms with Gasteiger partial charge in [0.25, 0.3) is 0 Å². The summed E-state index contributed by atoms with van der Waals surface area (Å²) in [7, 11) is -1.81. The lowest BCUT2D eigenvalue weighted by Crippen LogP contribution is -2.42. The fourth-order valence-corrected chi connectivity index (χ4v) is 2.48. The second-order valence-corrected chi connectivity index (χ2v) is 11.8. The van der Waals surface area contributed by atoms with E-state index in [9.17, 15) is 5.11 Å². The minimum atomic E-state index is -1.81.